The number of hydrogen-bond acceptors (Lipinski definition) is 3. The molecule has 0 aliphatic rings. The molecule has 0 unspecified atom stereocenters. The summed E-state index contributed by atoms with van der Waals surface area (Å²) in [5, 5.41) is 6.87. The summed E-state index contributed by atoms with van der Waals surface area (Å²) in [4.78, 5) is 2.34. The average molecular weight is 743 g/mol. The minimum absolute atomic E-state index is 0.854. The summed E-state index contributed by atoms with van der Waals surface area (Å²) in [6.07, 6.45) is 0. The average Bonchev–Trinajstić information content (AvgIpc) is 3.97. The molecule has 0 radical (unpaired) electrons. The highest BCUT2D eigenvalue weighted by atomic mass is 16.3. The molecule has 0 atom stereocenters. The van der Waals surface area contributed by atoms with Crippen molar-refractivity contribution in [3.8, 4) is 27.9 Å². The van der Waals surface area contributed by atoms with Crippen molar-refractivity contribution >= 4 is 82.7 Å². The lowest BCUT2D eigenvalue weighted by Gasteiger charge is -2.26. The van der Waals surface area contributed by atoms with Crippen LogP contribution in [0.3, 0.4) is 0 Å². The van der Waals surface area contributed by atoms with Gasteiger partial charge in [-0.2, -0.15) is 0 Å². The molecule has 0 N–H and O–H groups in total. The van der Waals surface area contributed by atoms with E-state index in [4.69, 9.17) is 8.83 Å². The minimum atomic E-state index is 0.854. The van der Waals surface area contributed by atoms with Crippen molar-refractivity contribution in [2.45, 2.75) is 0 Å². The van der Waals surface area contributed by atoms with Crippen LogP contribution in [0.2, 0.25) is 0 Å². The Morgan fingerprint density at radius 3 is 1.47 bits per heavy atom. The predicted molar refractivity (Wildman–Crippen MR) is 241 cm³/mol. The van der Waals surface area contributed by atoms with Crippen molar-refractivity contribution in [2.24, 2.45) is 0 Å². The van der Waals surface area contributed by atoms with Crippen molar-refractivity contribution in [2.75, 3.05) is 4.90 Å². The maximum Gasteiger partial charge on any atom is 0.136 e. The van der Waals surface area contributed by atoms with Gasteiger partial charge in [0.05, 0.1) is 11.0 Å². The van der Waals surface area contributed by atoms with E-state index >= 15 is 0 Å². The summed E-state index contributed by atoms with van der Waals surface area (Å²) in [7, 11) is 0. The quantitative estimate of drug-likeness (QED) is 0.170. The molecule has 0 saturated carbocycles. The van der Waals surface area contributed by atoms with E-state index in [1.807, 2.05) is 24.3 Å². The van der Waals surface area contributed by atoms with Gasteiger partial charge in [0.15, 0.2) is 0 Å². The van der Waals surface area contributed by atoms with Crippen molar-refractivity contribution < 1.29 is 8.83 Å². The third kappa shape index (κ3) is 5.02. The lowest BCUT2D eigenvalue weighted by atomic mass is 9.97. The molecule has 0 aliphatic carbocycles. The second-order valence-corrected chi connectivity index (χ2v) is 14.9. The molecule has 0 bridgehead atoms. The number of hydrogen-bond donors (Lipinski definition) is 0. The highest BCUT2D eigenvalue weighted by Gasteiger charge is 2.20. The van der Waals surface area contributed by atoms with Crippen LogP contribution in [0.15, 0.2) is 215 Å². The molecule has 12 rings (SSSR count). The van der Waals surface area contributed by atoms with Gasteiger partial charge in [0.2, 0.25) is 0 Å². The number of rotatable bonds is 6. The molecule has 4 heteroatoms. The second-order valence-electron chi connectivity index (χ2n) is 14.9. The fraction of sp³-hybridized carbons (Fsp3) is 0. The fourth-order valence-electron chi connectivity index (χ4n) is 8.99. The van der Waals surface area contributed by atoms with E-state index in [9.17, 15) is 0 Å². The van der Waals surface area contributed by atoms with Crippen LogP contribution in [-0.2, 0) is 0 Å². The Morgan fingerprint density at radius 2 is 0.793 bits per heavy atom. The van der Waals surface area contributed by atoms with Crippen LogP contribution in [0.4, 0.5) is 17.1 Å². The summed E-state index contributed by atoms with van der Waals surface area (Å²) >= 11 is 0. The zero-order chi connectivity index (χ0) is 38.2. The van der Waals surface area contributed by atoms with Crippen LogP contribution in [-0.4, -0.2) is 4.57 Å². The zero-order valence-corrected chi connectivity index (χ0v) is 31.3. The molecule has 0 spiro atoms. The largest absolute Gasteiger partial charge is 0.456 e. The molecule has 4 nitrogen and oxygen atoms in total. The first-order valence-electron chi connectivity index (χ1n) is 19.7. The summed E-state index contributed by atoms with van der Waals surface area (Å²) < 4.78 is 15.2. The molecule has 3 heterocycles. The predicted octanol–water partition coefficient (Wildman–Crippen LogP) is 15.4. The van der Waals surface area contributed by atoms with Crippen molar-refractivity contribution in [3.05, 3.63) is 206 Å². The van der Waals surface area contributed by atoms with Gasteiger partial charge in [-0.15, -0.1) is 0 Å². The number of fused-ring (bicyclic) bond motifs is 10. The van der Waals surface area contributed by atoms with Crippen LogP contribution >= 0.6 is 0 Å². The molecule has 0 saturated heterocycles. The Hall–Kier alpha value is -7.82. The number of aromatic nitrogens is 1. The van der Waals surface area contributed by atoms with Crippen LogP contribution in [0, 0.1) is 0 Å². The van der Waals surface area contributed by atoms with Gasteiger partial charge in [-0.25, -0.2) is 0 Å². The fourth-order valence-corrected chi connectivity index (χ4v) is 8.99. The second kappa shape index (κ2) is 12.9. The van der Waals surface area contributed by atoms with Crippen molar-refractivity contribution in [1.82, 2.24) is 4.57 Å². The molecular weight excluding hydrogens is 709 g/mol. The summed E-state index contributed by atoms with van der Waals surface area (Å²) in [6.45, 7) is 0. The first kappa shape index (κ1) is 32.4. The van der Waals surface area contributed by atoms with Gasteiger partial charge in [-0.3, -0.25) is 0 Å². The van der Waals surface area contributed by atoms with Crippen molar-refractivity contribution in [3.63, 3.8) is 0 Å². The molecule has 272 valence electrons. The number of furan rings is 2. The summed E-state index contributed by atoms with van der Waals surface area (Å²) in [5.41, 5.74) is 14.8. The number of para-hydroxylation sites is 3. The highest BCUT2D eigenvalue weighted by molar-refractivity contribution is 6.28. The SMILES string of the molecule is c1ccc(-c2ccc(N(c3ccc(-c4cccc5oc6ccc7oc8ccccc8c7c6c45)cc3)c3ccc(-n4c5ccccc5c5ccccc54)cc3)cc2)cc1. The molecule has 9 aromatic carbocycles. The van der Waals surface area contributed by atoms with Gasteiger partial charge < -0.3 is 18.3 Å². The number of nitrogens with zero attached hydrogens (tertiary/aromatic N) is 2. The zero-order valence-electron chi connectivity index (χ0n) is 31.3. The van der Waals surface area contributed by atoms with E-state index in [1.54, 1.807) is 0 Å². The topological polar surface area (TPSA) is 34.5 Å². The van der Waals surface area contributed by atoms with E-state index in [0.29, 0.717) is 0 Å². The lowest BCUT2D eigenvalue weighted by Crippen LogP contribution is -2.10. The van der Waals surface area contributed by atoms with E-state index in [-0.39, 0.29) is 0 Å². The summed E-state index contributed by atoms with van der Waals surface area (Å²) in [6, 6.07) is 73.2. The van der Waals surface area contributed by atoms with Crippen LogP contribution < -0.4 is 4.90 Å². The van der Waals surface area contributed by atoms with Crippen molar-refractivity contribution in [1.29, 1.82) is 0 Å². The molecular formula is C54H34N2O2. The molecule has 3 aromatic heterocycles. The third-order valence-corrected chi connectivity index (χ3v) is 11.6. The summed E-state index contributed by atoms with van der Waals surface area (Å²) in [5.74, 6) is 0. The Balaban J connectivity index is 0.987. The van der Waals surface area contributed by atoms with E-state index in [0.717, 1.165) is 77.8 Å². The number of anilines is 3. The standard InChI is InChI=1S/C54H34N2O2/c1-2-11-35(12-3-1)36-21-25-38(26-22-36)55(40-29-31-41(32-30-40)56-46-17-7-4-13-43(46)44-14-5-8-18-47(44)56)39-27-23-37(24-28-39)42-16-10-20-49-52(42)54-51(58-49)34-33-50-53(54)45-15-6-9-19-48(45)57-50/h1-34H. The Kier molecular flexibility index (Phi) is 7.20. The smallest absolute Gasteiger partial charge is 0.136 e. The Morgan fingerprint density at radius 1 is 0.310 bits per heavy atom. The van der Waals surface area contributed by atoms with Gasteiger partial charge in [0.1, 0.15) is 22.3 Å². The first-order valence-corrected chi connectivity index (χ1v) is 19.7. The Bertz CT molecular complexity index is 3430. The normalized spacial score (nSPS) is 11.8. The van der Waals surface area contributed by atoms with E-state index < -0.39 is 0 Å². The minimum Gasteiger partial charge on any atom is -0.456 e. The molecule has 58 heavy (non-hydrogen) atoms. The van der Waals surface area contributed by atoms with Crippen LogP contribution in [0.1, 0.15) is 0 Å². The highest BCUT2D eigenvalue weighted by Crippen LogP contribution is 2.44. The van der Waals surface area contributed by atoms with Gasteiger partial charge in [-0.05, 0) is 107 Å². The van der Waals surface area contributed by atoms with Gasteiger partial charge >= 0.3 is 0 Å². The molecule has 0 fully saturated rings. The van der Waals surface area contributed by atoms with Crippen LogP contribution in [0.25, 0.3) is 93.6 Å². The maximum absolute atomic E-state index is 6.49. The Labute approximate surface area is 334 Å². The lowest BCUT2D eigenvalue weighted by molar-refractivity contribution is 0.663. The third-order valence-electron chi connectivity index (χ3n) is 11.6. The van der Waals surface area contributed by atoms with Gasteiger partial charge in [0, 0.05) is 55.1 Å². The maximum atomic E-state index is 6.49. The van der Waals surface area contributed by atoms with E-state index in [1.165, 1.54) is 32.9 Å². The first-order chi connectivity index (χ1) is 28.8. The molecule has 12 aromatic rings. The van der Waals surface area contributed by atoms with E-state index in [2.05, 4.69) is 191 Å². The monoisotopic (exact) mass is 742 g/mol. The van der Waals surface area contributed by atoms with Gasteiger partial charge in [0.25, 0.3) is 0 Å². The van der Waals surface area contributed by atoms with Gasteiger partial charge in [-0.1, -0.05) is 121 Å². The molecule has 0 aliphatic heterocycles. The van der Waals surface area contributed by atoms with Crippen LogP contribution in [0.5, 0.6) is 0 Å². The number of benzene rings is 9. The molecule has 0 amide bonds.